The summed E-state index contributed by atoms with van der Waals surface area (Å²) < 4.78 is 1.14. The van der Waals surface area contributed by atoms with Crippen LogP contribution in [0, 0.1) is 13.8 Å². The van der Waals surface area contributed by atoms with Crippen molar-refractivity contribution in [2.45, 2.75) is 13.8 Å². The number of carbonyl (C=O) groups is 1. The molecule has 21 heavy (non-hydrogen) atoms. The van der Waals surface area contributed by atoms with E-state index < -0.39 is 0 Å². The fraction of sp³-hybridized carbons (Fsp3) is 0.125. The van der Waals surface area contributed by atoms with Gasteiger partial charge in [-0.15, -0.1) is 0 Å². The van der Waals surface area contributed by atoms with Crippen molar-refractivity contribution < 1.29 is 4.79 Å². The third-order valence-electron chi connectivity index (χ3n) is 3.14. The van der Waals surface area contributed by atoms with Crippen LogP contribution in [0.15, 0.2) is 42.5 Å². The summed E-state index contributed by atoms with van der Waals surface area (Å²) in [5, 5.41) is 0.683. The number of benzene rings is 2. The molecule has 3 aromatic rings. The second-order valence-electron chi connectivity index (χ2n) is 4.89. The van der Waals surface area contributed by atoms with Crippen molar-refractivity contribution in [2.24, 2.45) is 0 Å². The van der Waals surface area contributed by atoms with Gasteiger partial charge in [-0.25, -0.2) is 4.98 Å². The molecule has 0 fully saturated rings. The van der Waals surface area contributed by atoms with E-state index in [9.17, 15) is 4.79 Å². The lowest BCUT2D eigenvalue weighted by molar-refractivity contribution is 0.0962. The van der Waals surface area contributed by atoms with E-state index in [4.69, 9.17) is 0 Å². The van der Waals surface area contributed by atoms with Gasteiger partial charge in [0.2, 0.25) is 5.13 Å². The Bertz CT molecular complexity index is 796. The van der Waals surface area contributed by atoms with E-state index in [2.05, 4.69) is 35.7 Å². The normalized spacial score (nSPS) is 10.6. The van der Waals surface area contributed by atoms with Crippen molar-refractivity contribution in [3.8, 4) is 0 Å². The SMILES string of the molecule is Cc1cc(C)c2sc(NNC(=O)c3ccccc3)nc2c1. The van der Waals surface area contributed by atoms with Crippen molar-refractivity contribution in [3.63, 3.8) is 0 Å². The smallest absolute Gasteiger partial charge is 0.269 e. The van der Waals surface area contributed by atoms with E-state index in [1.807, 2.05) is 24.3 Å². The molecular weight excluding hydrogens is 282 g/mol. The van der Waals surface area contributed by atoms with Crippen molar-refractivity contribution in [1.29, 1.82) is 0 Å². The molecule has 0 unspecified atom stereocenters. The highest BCUT2D eigenvalue weighted by Crippen LogP contribution is 2.29. The fourth-order valence-electron chi connectivity index (χ4n) is 2.20. The highest BCUT2D eigenvalue weighted by Gasteiger charge is 2.08. The van der Waals surface area contributed by atoms with Gasteiger partial charge in [-0.05, 0) is 43.2 Å². The number of fused-ring (bicyclic) bond motifs is 1. The number of hydrogen-bond donors (Lipinski definition) is 2. The lowest BCUT2D eigenvalue weighted by atomic mass is 10.1. The largest absolute Gasteiger partial charge is 0.273 e. The molecule has 0 radical (unpaired) electrons. The number of anilines is 1. The predicted octanol–water partition coefficient (Wildman–Crippen LogP) is 3.67. The van der Waals surface area contributed by atoms with Crippen LogP contribution in [-0.4, -0.2) is 10.9 Å². The maximum Gasteiger partial charge on any atom is 0.269 e. The molecule has 0 atom stereocenters. The highest BCUT2D eigenvalue weighted by molar-refractivity contribution is 7.22. The first-order chi connectivity index (χ1) is 10.1. The Morgan fingerprint density at radius 2 is 1.90 bits per heavy atom. The molecule has 2 aromatic carbocycles. The maximum absolute atomic E-state index is 12.0. The summed E-state index contributed by atoms with van der Waals surface area (Å²) in [6.45, 7) is 4.12. The number of amides is 1. The van der Waals surface area contributed by atoms with Gasteiger partial charge >= 0.3 is 0 Å². The average Bonchev–Trinajstić information content (AvgIpc) is 2.89. The molecule has 4 nitrogen and oxygen atoms in total. The Balaban J connectivity index is 1.77. The molecule has 1 amide bonds. The standard InChI is InChI=1S/C16H15N3OS/c1-10-8-11(2)14-13(9-10)17-16(21-14)19-18-15(20)12-6-4-3-5-7-12/h3-9H,1-2H3,(H,17,19)(H,18,20). The number of aryl methyl sites for hydroxylation is 2. The van der Waals surface area contributed by atoms with Crippen molar-refractivity contribution in [1.82, 2.24) is 10.4 Å². The Kier molecular flexibility index (Phi) is 3.58. The Morgan fingerprint density at radius 3 is 2.67 bits per heavy atom. The molecule has 0 saturated carbocycles. The van der Waals surface area contributed by atoms with Gasteiger partial charge in [-0.1, -0.05) is 35.6 Å². The maximum atomic E-state index is 12.0. The molecule has 0 aliphatic rings. The second kappa shape index (κ2) is 5.54. The van der Waals surface area contributed by atoms with Crippen LogP contribution in [0.2, 0.25) is 0 Å². The van der Waals surface area contributed by atoms with Crippen molar-refractivity contribution in [2.75, 3.05) is 5.43 Å². The first-order valence-electron chi connectivity index (χ1n) is 6.62. The zero-order valence-corrected chi connectivity index (χ0v) is 12.6. The summed E-state index contributed by atoms with van der Waals surface area (Å²) >= 11 is 1.53. The van der Waals surface area contributed by atoms with E-state index in [1.165, 1.54) is 22.5 Å². The van der Waals surface area contributed by atoms with Gasteiger partial charge < -0.3 is 0 Å². The number of thiazole rings is 1. The number of aromatic nitrogens is 1. The molecule has 1 heterocycles. The van der Waals surface area contributed by atoms with Crippen LogP contribution < -0.4 is 10.9 Å². The average molecular weight is 297 g/mol. The van der Waals surface area contributed by atoms with Gasteiger partial charge in [0, 0.05) is 5.56 Å². The number of nitrogens with zero attached hydrogens (tertiary/aromatic N) is 1. The van der Waals surface area contributed by atoms with Crippen LogP contribution in [0.5, 0.6) is 0 Å². The molecule has 0 spiro atoms. The summed E-state index contributed by atoms with van der Waals surface area (Å²) in [6.07, 6.45) is 0. The highest BCUT2D eigenvalue weighted by atomic mass is 32.1. The monoisotopic (exact) mass is 297 g/mol. The first-order valence-corrected chi connectivity index (χ1v) is 7.44. The van der Waals surface area contributed by atoms with E-state index in [-0.39, 0.29) is 5.91 Å². The summed E-state index contributed by atoms with van der Waals surface area (Å²) in [7, 11) is 0. The zero-order valence-electron chi connectivity index (χ0n) is 11.8. The van der Waals surface area contributed by atoms with E-state index >= 15 is 0 Å². The summed E-state index contributed by atoms with van der Waals surface area (Å²) in [5.41, 5.74) is 9.50. The lowest BCUT2D eigenvalue weighted by Gasteiger charge is -2.04. The van der Waals surface area contributed by atoms with Gasteiger partial charge in [0.05, 0.1) is 10.2 Å². The Hall–Kier alpha value is -2.40. The van der Waals surface area contributed by atoms with E-state index in [0.717, 1.165) is 10.2 Å². The van der Waals surface area contributed by atoms with Gasteiger partial charge in [0.25, 0.3) is 5.91 Å². The molecule has 1 aromatic heterocycles. The van der Waals surface area contributed by atoms with Gasteiger partial charge in [0.15, 0.2) is 0 Å². The number of nitrogens with one attached hydrogen (secondary N) is 2. The summed E-state index contributed by atoms with van der Waals surface area (Å²) in [6, 6.07) is 13.3. The zero-order chi connectivity index (χ0) is 14.8. The molecule has 3 rings (SSSR count). The third-order valence-corrected chi connectivity index (χ3v) is 4.26. The van der Waals surface area contributed by atoms with Crippen LogP contribution in [0.25, 0.3) is 10.2 Å². The van der Waals surface area contributed by atoms with E-state index in [0.29, 0.717) is 10.7 Å². The van der Waals surface area contributed by atoms with Crippen LogP contribution >= 0.6 is 11.3 Å². The number of rotatable bonds is 3. The van der Waals surface area contributed by atoms with Crippen LogP contribution in [0.3, 0.4) is 0 Å². The summed E-state index contributed by atoms with van der Waals surface area (Å²) in [4.78, 5) is 16.5. The summed E-state index contributed by atoms with van der Waals surface area (Å²) in [5.74, 6) is -0.178. The minimum Gasteiger partial charge on any atom is -0.273 e. The topological polar surface area (TPSA) is 54.0 Å². The quantitative estimate of drug-likeness (QED) is 0.725. The van der Waals surface area contributed by atoms with Crippen LogP contribution in [0.1, 0.15) is 21.5 Å². The van der Waals surface area contributed by atoms with Crippen molar-refractivity contribution >= 4 is 32.6 Å². The number of hydrazine groups is 1. The minimum atomic E-state index is -0.178. The molecule has 0 saturated heterocycles. The molecule has 2 N–H and O–H groups in total. The van der Waals surface area contributed by atoms with E-state index in [1.54, 1.807) is 12.1 Å². The molecule has 106 valence electrons. The van der Waals surface area contributed by atoms with Crippen LogP contribution in [-0.2, 0) is 0 Å². The van der Waals surface area contributed by atoms with Crippen molar-refractivity contribution in [3.05, 3.63) is 59.2 Å². The Morgan fingerprint density at radius 1 is 1.14 bits per heavy atom. The second-order valence-corrected chi connectivity index (χ2v) is 5.89. The molecule has 5 heteroatoms. The lowest BCUT2D eigenvalue weighted by Crippen LogP contribution is -2.29. The fourth-order valence-corrected chi connectivity index (χ4v) is 3.07. The minimum absolute atomic E-state index is 0.178. The predicted molar refractivity (Wildman–Crippen MR) is 86.6 cm³/mol. The van der Waals surface area contributed by atoms with Gasteiger partial charge in [0.1, 0.15) is 0 Å². The molecule has 0 aliphatic heterocycles. The van der Waals surface area contributed by atoms with Crippen LogP contribution in [0.4, 0.5) is 5.13 Å². The van der Waals surface area contributed by atoms with Gasteiger partial charge in [-0.2, -0.15) is 0 Å². The molecule has 0 aliphatic carbocycles. The first kappa shape index (κ1) is 13.6. The Labute approximate surface area is 126 Å². The molecular formula is C16H15N3OS. The number of hydrogen-bond acceptors (Lipinski definition) is 4. The molecule has 0 bridgehead atoms. The third kappa shape index (κ3) is 2.87. The van der Waals surface area contributed by atoms with Gasteiger partial charge in [-0.3, -0.25) is 15.6 Å². The number of carbonyl (C=O) groups excluding carboxylic acids is 1.